The number of carbonyl (C=O) groups is 1. The van der Waals surface area contributed by atoms with Crippen LogP contribution in [0.25, 0.3) is 0 Å². The predicted octanol–water partition coefficient (Wildman–Crippen LogP) is 3.45. The molecule has 0 bridgehead atoms. The average molecular weight is 278 g/mol. The van der Waals surface area contributed by atoms with E-state index in [0.29, 0.717) is 11.3 Å². The summed E-state index contributed by atoms with van der Waals surface area (Å²) in [7, 11) is 0. The summed E-state index contributed by atoms with van der Waals surface area (Å²) in [5.74, 6) is 1.08. The van der Waals surface area contributed by atoms with Gasteiger partial charge in [-0.2, -0.15) is 11.8 Å². The first-order chi connectivity index (χ1) is 8.40. The van der Waals surface area contributed by atoms with Crippen molar-refractivity contribution in [3.63, 3.8) is 0 Å². The molecule has 2 nitrogen and oxygen atoms in total. The fraction of sp³-hybridized carbons (Fsp3) is 0.417. The number of hydrogen-bond acceptors (Lipinski definition) is 3. The van der Waals surface area contributed by atoms with E-state index < -0.39 is 6.36 Å². The molecule has 1 aromatic carbocycles. The van der Waals surface area contributed by atoms with E-state index in [1.807, 2.05) is 6.92 Å². The van der Waals surface area contributed by atoms with E-state index in [1.165, 1.54) is 36.0 Å². The molecule has 6 heteroatoms. The lowest BCUT2D eigenvalue weighted by Crippen LogP contribution is -2.17. The summed E-state index contributed by atoms with van der Waals surface area (Å²) in [6.07, 6.45) is -4.45. The SMILES string of the molecule is CCSCC(=O)Cc1ccc(OC(F)(F)F)cc1. The summed E-state index contributed by atoms with van der Waals surface area (Å²) in [5, 5.41) is 0. The number of alkyl halides is 3. The molecule has 0 aliphatic carbocycles. The Kier molecular flexibility index (Phi) is 5.53. The molecule has 0 aliphatic rings. The van der Waals surface area contributed by atoms with E-state index in [0.717, 1.165) is 5.75 Å². The molecule has 0 heterocycles. The molecule has 1 rings (SSSR count). The van der Waals surface area contributed by atoms with E-state index >= 15 is 0 Å². The van der Waals surface area contributed by atoms with Crippen LogP contribution in [-0.2, 0) is 11.2 Å². The normalized spacial score (nSPS) is 11.3. The molecule has 18 heavy (non-hydrogen) atoms. The van der Waals surface area contributed by atoms with Gasteiger partial charge in [0, 0.05) is 6.42 Å². The minimum atomic E-state index is -4.69. The summed E-state index contributed by atoms with van der Waals surface area (Å²) >= 11 is 1.52. The third-order valence-electron chi connectivity index (χ3n) is 2.03. The van der Waals surface area contributed by atoms with Crippen molar-refractivity contribution in [3.05, 3.63) is 29.8 Å². The Morgan fingerprint density at radius 2 is 1.89 bits per heavy atom. The van der Waals surface area contributed by atoms with Gasteiger partial charge in [-0.05, 0) is 23.4 Å². The Morgan fingerprint density at radius 3 is 2.39 bits per heavy atom. The first-order valence-electron chi connectivity index (χ1n) is 5.35. The molecule has 0 amide bonds. The molecule has 0 fully saturated rings. The van der Waals surface area contributed by atoms with Crippen molar-refractivity contribution < 1.29 is 22.7 Å². The zero-order valence-electron chi connectivity index (χ0n) is 9.79. The van der Waals surface area contributed by atoms with Crippen molar-refractivity contribution >= 4 is 17.5 Å². The maximum Gasteiger partial charge on any atom is 0.573 e. The van der Waals surface area contributed by atoms with Gasteiger partial charge in [-0.25, -0.2) is 0 Å². The van der Waals surface area contributed by atoms with Gasteiger partial charge >= 0.3 is 6.36 Å². The molecule has 0 N–H and O–H groups in total. The topological polar surface area (TPSA) is 26.3 Å². The summed E-state index contributed by atoms with van der Waals surface area (Å²) < 4.78 is 39.5. The molecular weight excluding hydrogens is 265 g/mol. The highest BCUT2D eigenvalue weighted by Crippen LogP contribution is 2.22. The minimum Gasteiger partial charge on any atom is -0.406 e. The van der Waals surface area contributed by atoms with Gasteiger partial charge in [-0.3, -0.25) is 4.79 Å². The first kappa shape index (κ1) is 14.9. The van der Waals surface area contributed by atoms with Gasteiger partial charge < -0.3 is 4.74 Å². The lowest BCUT2D eigenvalue weighted by Gasteiger charge is -2.09. The Hall–Kier alpha value is -1.17. The largest absolute Gasteiger partial charge is 0.573 e. The Labute approximate surface area is 108 Å². The highest BCUT2D eigenvalue weighted by Gasteiger charge is 2.30. The molecule has 0 radical (unpaired) electrons. The second kappa shape index (κ2) is 6.68. The number of carbonyl (C=O) groups excluding carboxylic acids is 1. The average Bonchev–Trinajstić information content (AvgIpc) is 2.27. The van der Waals surface area contributed by atoms with Crippen LogP contribution >= 0.6 is 11.8 Å². The van der Waals surface area contributed by atoms with Crippen LogP contribution in [-0.4, -0.2) is 23.7 Å². The molecule has 0 atom stereocenters. The van der Waals surface area contributed by atoms with Gasteiger partial charge in [0.15, 0.2) is 0 Å². The van der Waals surface area contributed by atoms with Crippen LogP contribution in [0.3, 0.4) is 0 Å². The van der Waals surface area contributed by atoms with Crippen LogP contribution in [0.1, 0.15) is 12.5 Å². The summed E-state index contributed by atoms with van der Waals surface area (Å²) in [5.41, 5.74) is 0.686. The van der Waals surface area contributed by atoms with Crippen LogP contribution in [0.2, 0.25) is 0 Å². The molecule has 100 valence electrons. The van der Waals surface area contributed by atoms with E-state index in [4.69, 9.17) is 0 Å². The number of ether oxygens (including phenoxy) is 1. The number of halogens is 3. The van der Waals surface area contributed by atoms with E-state index in [9.17, 15) is 18.0 Å². The van der Waals surface area contributed by atoms with Crippen molar-refractivity contribution in [3.8, 4) is 5.75 Å². The zero-order chi connectivity index (χ0) is 13.6. The predicted molar refractivity (Wildman–Crippen MR) is 64.8 cm³/mol. The number of rotatable bonds is 6. The molecule has 0 aliphatic heterocycles. The van der Waals surface area contributed by atoms with Gasteiger partial charge in [0.05, 0.1) is 5.75 Å². The fourth-order valence-corrected chi connectivity index (χ4v) is 1.84. The van der Waals surface area contributed by atoms with Gasteiger partial charge in [-0.15, -0.1) is 13.2 Å². The van der Waals surface area contributed by atoms with Gasteiger partial charge in [0.1, 0.15) is 11.5 Å². The monoisotopic (exact) mass is 278 g/mol. The van der Waals surface area contributed by atoms with Crippen molar-refractivity contribution in [2.24, 2.45) is 0 Å². The first-order valence-corrected chi connectivity index (χ1v) is 6.50. The number of thioether (sulfide) groups is 1. The van der Waals surface area contributed by atoms with E-state index in [-0.39, 0.29) is 18.0 Å². The third-order valence-corrected chi connectivity index (χ3v) is 2.96. The lowest BCUT2D eigenvalue weighted by molar-refractivity contribution is -0.274. The maximum atomic E-state index is 11.9. The highest BCUT2D eigenvalue weighted by molar-refractivity contribution is 7.99. The fourth-order valence-electron chi connectivity index (χ4n) is 1.30. The van der Waals surface area contributed by atoms with Crippen molar-refractivity contribution in [2.75, 3.05) is 11.5 Å². The molecule has 0 saturated carbocycles. The molecule has 0 unspecified atom stereocenters. The standard InChI is InChI=1S/C12H13F3O2S/c1-2-18-8-10(16)7-9-3-5-11(6-4-9)17-12(13,14)15/h3-6H,2,7-8H2,1H3. The lowest BCUT2D eigenvalue weighted by atomic mass is 10.1. The number of benzene rings is 1. The van der Waals surface area contributed by atoms with Crippen molar-refractivity contribution in [1.82, 2.24) is 0 Å². The Bertz CT molecular complexity index is 387. The van der Waals surface area contributed by atoms with Crippen LogP contribution in [0.4, 0.5) is 13.2 Å². The summed E-state index contributed by atoms with van der Waals surface area (Å²) in [6.45, 7) is 1.96. The summed E-state index contributed by atoms with van der Waals surface area (Å²) in [6, 6.07) is 5.36. The molecule has 0 aromatic heterocycles. The highest BCUT2D eigenvalue weighted by atomic mass is 32.2. The van der Waals surface area contributed by atoms with Crippen LogP contribution in [0.15, 0.2) is 24.3 Å². The van der Waals surface area contributed by atoms with Gasteiger partial charge in [0.2, 0.25) is 0 Å². The second-order valence-corrected chi connectivity index (χ2v) is 4.82. The maximum absolute atomic E-state index is 11.9. The molecular formula is C12H13F3O2S. The van der Waals surface area contributed by atoms with Crippen LogP contribution in [0, 0.1) is 0 Å². The zero-order valence-corrected chi connectivity index (χ0v) is 10.6. The Balaban J connectivity index is 2.52. The molecule has 0 spiro atoms. The number of ketones is 1. The molecule has 0 saturated heterocycles. The smallest absolute Gasteiger partial charge is 0.406 e. The van der Waals surface area contributed by atoms with Gasteiger partial charge in [0.25, 0.3) is 0 Å². The quantitative estimate of drug-likeness (QED) is 0.797. The minimum absolute atomic E-state index is 0.0614. The van der Waals surface area contributed by atoms with E-state index in [2.05, 4.69) is 4.74 Å². The van der Waals surface area contributed by atoms with Crippen molar-refractivity contribution in [2.45, 2.75) is 19.7 Å². The van der Waals surface area contributed by atoms with E-state index in [1.54, 1.807) is 0 Å². The number of Topliss-reactive ketones (excluding diaryl/α,β-unsaturated/α-hetero) is 1. The van der Waals surface area contributed by atoms with Crippen molar-refractivity contribution in [1.29, 1.82) is 0 Å². The second-order valence-electron chi connectivity index (χ2n) is 3.54. The van der Waals surface area contributed by atoms with Crippen LogP contribution in [0.5, 0.6) is 5.75 Å². The molecule has 1 aromatic rings. The van der Waals surface area contributed by atoms with Gasteiger partial charge in [-0.1, -0.05) is 19.1 Å². The third kappa shape index (κ3) is 5.95. The number of hydrogen-bond donors (Lipinski definition) is 0. The van der Waals surface area contributed by atoms with Crippen LogP contribution < -0.4 is 4.74 Å². The summed E-state index contributed by atoms with van der Waals surface area (Å²) in [4.78, 5) is 11.5. The Morgan fingerprint density at radius 1 is 1.28 bits per heavy atom.